The Morgan fingerprint density at radius 1 is 1.33 bits per heavy atom. The first-order valence-electron chi connectivity index (χ1n) is 6.31. The van der Waals surface area contributed by atoms with Gasteiger partial charge in [0.15, 0.2) is 0 Å². The van der Waals surface area contributed by atoms with Gasteiger partial charge >= 0.3 is 5.69 Å². The summed E-state index contributed by atoms with van der Waals surface area (Å²) >= 11 is 0. The number of nitro benzene ring substituents is 1. The molecule has 0 heterocycles. The van der Waals surface area contributed by atoms with Crippen LogP contribution in [0.3, 0.4) is 0 Å². The second-order valence-electron chi connectivity index (χ2n) is 4.54. The molecule has 0 unspecified atom stereocenters. The number of nitro groups is 1. The van der Waals surface area contributed by atoms with Gasteiger partial charge in [0, 0.05) is 11.6 Å². The summed E-state index contributed by atoms with van der Waals surface area (Å²) in [6.45, 7) is 1.50. The van der Waals surface area contributed by atoms with Gasteiger partial charge in [-0.05, 0) is 24.6 Å². The number of hydrogen-bond acceptors (Lipinski definition) is 4. The average Bonchev–Trinajstić information content (AvgIpc) is 2.46. The number of benzene rings is 2. The molecule has 2 aromatic rings. The average molecular weight is 291 g/mol. The largest absolute Gasteiger partial charge is 0.489 e. The summed E-state index contributed by atoms with van der Waals surface area (Å²) in [6, 6.07) is 10.7. The zero-order valence-electron chi connectivity index (χ0n) is 11.3. The second-order valence-corrected chi connectivity index (χ2v) is 4.54. The summed E-state index contributed by atoms with van der Waals surface area (Å²) in [7, 11) is 0. The molecule has 0 spiro atoms. The van der Waals surface area contributed by atoms with Gasteiger partial charge in [-0.3, -0.25) is 10.1 Å². The number of rotatable bonds is 5. The minimum Gasteiger partial charge on any atom is -0.489 e. The third-order valence-corrected chi connectivity index (χ3v) is 2.99. The van der Waals surface area contributed by atoms with Crippen molar-refractivity contribution in [2.75, 3.05) is 0 Å². The van der Waals surface area contributed by atoms with Crippen LogP contribution in [-0.2, 0) is 6.61 Å². The molecular weight excluding hydrogens is 277 g/mol. The second kappa shape index (κ2) is 6.32. The molecule has 0 aliphatic heterocycles. The van der Waals surface area contributed by atoms with Crippen molar-refractivity contribution in [3.05, 3.63) is 69.5 Å². The van der Waals surface area contributed by atoms with Crippen LogP contribution in [0.4, 0.5) is 10.1 Å². The van der Waals surface area contributed by atoms with Crippen molar-refractivity contribution < 1.29 is 19.2 Å². The summed E-state index contributed by atoms with van der Waals surface area (Å²) in [5.74, 6) is -0.437. The van der Waals surface area contributed by atoms with E-state index in [9.17, 15) is 19.6 Å². The normalized spacial score (nSPS) is 12.0. The molecule has 0 saturated heterocycles. The maximum Gasteiger partial charge on any atom is 0.305 e. The zero-order chi connectivity index (χ0) is 15.4. The van der Waals surface area contributed by atoms with E-state index in [-0.39, 0.29) is 12.2 Å². The van der Waals surface area contributed by atoms with Crippen molar-refractivity contribution in [2.45, 2.75) is 19.6 Å². The van der Waals surface area contributed by atoms with Crippen molar-refractivity contribution in [3.63, 3.8) is 0 Å². The van der Waals surface area contributed by atoms with E-state index in [0.29, 0.717) is 11.3 Å². The molecule has 6 heteroatoms. The van der Waals surface area contributed by atoms with Crippen LogP contribution in [0.15, 0.2) is 42.5 Å². The molecule has 21 heavy (non-hydrogen) atoms. The quantitative estimate of drug-likeness (QED) is 0.677. The minimum atomic E-state index is -0.894. The fraction of sp³-hybridized carbons (Fsp3) is 0.200. The summed E-state index contributed by atoms with van der Waals surface area (Å²) in [4.78, 5) is 9.89. The van der Waals surface area contributed by atoms with E-state index in [1.165, 1.54) is 12.1 Å². The Morgan fingerprint density at radius 2 is 2.05 bits per heavy atom. The first kappa shape index (κ1) is 14.9. The summed E-state index contributed by atoms with van der Waals surface area (Å²) in [6.07, 6.45) is -0.636. The summed E-state index contributed by atoms with van der Waals surface area (Å²) in [5, 5.41) is 20.1. The van der Waals surface area contributed by atoms with E-state index >= 15 is 0 Å². The lowest BCUT2D eigenvalue weighted by molar-refractivity contribution is -0.387. The fourth-order valence-electron chi connectivity index (χ4n) is 1.84. The lowest BCUT2D eigenvalue weighted by Gasteiger charge is -2.10. The monoisotopic (exact) mass is 291 g/mol. The van der Waals surface area contributed by atoms with Gasteiger partial charge in [0.05, 0.1) is 11.0 Å². The molecule has 110 valence electrons. The van der Waals surface area contributed by atoms with Gasteiger partial charge in [-0.25, -0.2) is 0 Å². The van der Waals surface area contributed by atoms with Crippen LogP contribution in [0.1, 0.15) is 24.2 Å². The van der Waals surface area contributed by atoms with Gasteiger partial charge in [-0.2, -0.15) is 4.39 Å². The Hall–Kier alpha value is -2.47. The van der Waals surface area contributed by atoms with E-state index in [1.807, 2.05) is 0 Å². The molecule has 0 saturated carbocycles. The minimum absolute atomic E-state index is 0.103. The molecule has 0 radical (unpaired) electrons. The van der Waals surface area contributed by atoms with E-state index < -0.39 is 22.5 Å². The highest BCUT2D eigenvalue weighted by molar-refractivity contribution is 5.37. The molecule has 0 bridgehead atoms. The van der Waals surface area contributed by atoms with Crippen LogP contribution in [-0.4, -0.2) is 10.0 Å². The zero-order valence-corrected chi connectivity index (χ0v) is 11.3. The van der Waals surface area contributed by atoms with Gasteiger partial charge in [0.25, 0.3) is 0 Å². The number of hydrogen-bond donors (Lipinski definition) is 1. The topological polar surface area (TPSA) is 72.6 Å². The predicted octanol–water partition coefficient (Wildman–Crippen LogP) is 3.37. The van der Waals surface area contributed by atoms with Crippen molar-refractivity contribution in [3.8, 4) is 5.75 Å². The SMILES string of the molecule is C[C@@H](O)c1cccc(OCc2cccc([N+](=O)[O-])c2F)c1. The molecule has 0 aliphatic rings. The maximum absolute atomic E-state index is 13.9. The molecule has 1 atom stereocenters. The van der Waals surface area contributed by atoms with Crippen LogP contribution in [0, 0.1) is 15.9 Å². The molecular formula is C15H14FNO4. The van der Waals surface area contributed by atoms with Crippen LogP contribution in [0.5, 0.6) is 5.75 Å². The molecule has 1 N–H and O–H groups in total. The van der Waals surface area contributed by atoms with Crippen molar-refractivity contribution >= 4 is 5.69 Å². The molecule has 0 fully saturated rings. The number of halogens is 1. The lowest BCUT2D eigenvalue weighted by Crippen LogP contribution is -2.02. The van der Waals surface area contributed by atoms with Gasteiger partial charge in [-0.15, -0.1) is 0 Å². The molecule has 2 aromatic carbocycles. The summed E-state index contributed by atoms with van der Waals surface area (Å²) in [5.41, 5.74) is 0.201. The van der Waals surface area contributed by atoms with Gasteiger partial charge in [-0.1, -0.05) is 24.3 Å². The van der Waals surface area contributed by atoms with Crippen LogP contribution in [0.2, 0.25) is 0 Å². The van der Waals surface area contributed by atoms with Gasteiger partial charge in [0.2, 0.25) is 5.82 Å². The maximum atomic E-state index is 13.9. The fourth-order valence-corrected chi connectivity index (χ4v) is 1.84. The van der Waals surface area contributed by atoms with E-state index in [2.05, 4.69) is 0 Å². The molecule has 0 aliphatic carbocycles. The van der Waals surface area contributed by atoms with E-state index in [4.69, 9.17) is 4.74 Å². The Kier molecular flexibility index (Phi) is 4.49. The number of aliphatic hydroxyl groups is 1. The standard InChI is InChI=1S/C15H14FNO4/c1-10(18)11-4-2-6-13(8-11)21-9-12-5-3-7-14(15(12)16)17(19)20/h2-8,10,18H,9H2,1H3/t10-/m1/s1. The van der Waals surface area contributed by atoms with Crippen LogP contribution >= 0.6 is 0 Å². The Balaban J connectivity index is 2.15. The van der Waals surface area contributed by atoms with Gasteiger partial charge < -0.3 is 9.84 Å². The Labute approximate surface area is 120 Å². The lowest BCUT2D eigenvalue weighted by atomic mass is 10.1. The molecule has 2 rings (SSSR count). The van der Waals surface area contributed by atoms with Crippen LogP contribution in [0.25, 0.3) is 0 Å². The van der Waals surface area contributed by atoms with Crippen molar-refractivity contribution in [1.82, 2.24) is 0 Å². The van der Waals surface area contributed by atoms with Crippen molar-refractivity contribution in [2.24, 2.45) is 0 Å². The third kappa shape index (κ3) is 3.55. The highest BCUT2D eigenvalue weighted by Crippen LogP contribution is 2.23. The van der Waals surface area contributed by atoms with E-state index in [0.717, 1.165) is 6.07 Å². The van der Waals surface area contributed by atoms with Gasteiger partial charge in [0.1, 0.15) is 12.4 Å². The highest BCUT2D eigenvalue weighted by Gasteiger charge is 2.17. The van der Waals surface area contributed by atoms with Crippen molar-refractivity contribution in [1.29, 1.82) is 0 Å². The number of aliphatic hydroxyl groups excluding tert-OH is 1. The smallest absolute Gasteiger partial charge is 0.305 e. The first-order valence-corrected chi connectivity index (χ1v) is 6.31. The predicted molar refractivity (Wildman–Crippen MR) is 74.5 cm³/mol. The first-order chi connectivity index (χ1) is 9.99. The highest BCUT2D eigenvalue weighted by atomic mass is 19.1. The van der Waals surface area contributed by atoms with E-state index in [1.54, 1.807) is 31.2 Å². The Bertz CT molecular complexity index is 658. The number of nitrogens with zero attached hydrogens (tertiary/aromatic N) is 1. The molecule has 0 aromatic heterocycles. The molecule has 5 nitrogen and oxygen atoms in total. The Morgan fingerprint density at radius 3 is 2.71 bits per heavy atom. The number of ether oxygens (including phenoxy) is 1. The third-order valence-electron chi connectivity index (χ3n) is 2.99. The van der Waals surface area contributed by atoms with Crippen LogP contribution < -0.4 is 4.74 Å². The summed E-state index contributed by atoms with van der Waals surface area (Å²) < 4.78 is 19.3. The molecule has 0 amide bonds.